The highest BCUT2D eigenvalue weighted by Crippen LogP contribution is 2.47. The van der Waals surface area contributed by atoms with Crippen LogP contribution < -0.4 is 9.64 Å². The Bertz CT molecular complexity index is 1090. The predicted molar refractivity (Wildman–Crippen MR) is 133 cm³/mol. The zero-order chi connectivity index (χ0) is 24.0. The van der Waals surface area contributed by atoms with Gasteiger partial charge in [0.2, 0.25) is 17.5 Å². The van der Waals surface area contributed by atoms with Gasteiger partial charge in [0.15, 0.2) is 0 Å². The van der Waals surface area contributed by atoms with Gasteiger partial charge in [0.05, 0.1) is 5.41 Å². The normalized spacial score (nSPS) is 28.0. The number of aromatic nitrogens is 3. The Kier molecular flexibility index (Phi) is 6.03. The Labute approximate surface area is 207 Å². The summed E-state index contributed by atoms with van der Waals surface area (Å²) in [6.07, 6.45) is 11.0. The maximum absolute atomic E-state index is 13.1. The average molecular weight is 480 g/mol. The third-order valence-corrected chi connectivity index (χ3v) is 8.81. The number of carbonyl (C=O) groups is 1. The first-order chi connectivity index (χ1) is 17.0. The Morgan fingerprint density at radius 1 is 1.06 bits per heavy atom. The fourth-order valence-corrected chi connectivity index (χ4v) is 6.87. The number of Topliss-reactive ketones (excluding diaryl/α,β-unsaturated/α-hetero) is 1. The molecule has 4 heterocycles. The molecule has 35 heavy (non-hydrogen) atoms. The predicted octanol–water partition coefficient (Wildman–Crippen LogP) is 4.31. The van der Waals surface area contributed by atoms with Gasteiger partial charge in [-0.1, -0.05) is 11.6 Å². The molecule has 2 aromatic rings. The van der Waals surface area contributed by atoms with Crippen molar-refractivity contribution in [3.63, 3.8) is 0 Å². The summed E-state index contributed by atoms with van der Waals surface area (Å²) in [5, 5.41) is 4.51. The minimum Gasteiger partial charge on any atom is -0.473 e. The quantitative estimate of drug-likeness (QED) is 0.627. The van der Waals surface area contributed by atoms with Crippen LogP contribution in [0.3, 0.4) is 0 Å². The van der Waals surface area contributed by atoms with Gasteiger partial charge >= 0.3 is 0 Å². The Hall–Kier alpha value is -2.48. The number of rotatable bonds is 5. The van der Waals surface area contributed by atoms with Crippen LogP contribution >= 0.6 is 0 Å². The van der Waals surface area contributed by atoms with Gasteiger partial charge in [-0.25, -0.2) is 4.98 Å². The van der Waals surface area contributed by atoms with Gasteiger partial charge in [-0.2, -0.15) is 4.98 Å². The zero-order valence-electron chi connectivity index (χ0n) is 21.1. The van der Waals surface area contributed by atoms with E-state index in [1.165, 1.54) is 19.3 Å². The summed E-state index contributed by atoms with van der Waals surface area (Å²) >= 11 is 0. The molecule has 2 aromatic heterocycles. The molecule has 0 aromatic carbocycles. The fraction of sp³-hybridized carbons (Fsp3) is 0.704. The molecule has 1 saturated carbocycles. The van der Waals surface area contributed by atoms with Crippen molar-refractivity contribution in [2.24, 2.45) is 0 Å². The lowest BCUT2D eigenvalue weighted by molar-refractivity contribution is -0.127. The molecule has 0 N–H and O–H groups in total. The molecule has 3 atom stereocenters. The topological polar surface area (TPSA) is 84.6 Å². The SMILES string of the molecule is C[C@H](Oc1cc(N2CCCC2)nc(-c2onc3c2CCC[C@@]32CCCCC2=O)n1)[C@@H]1CCCN1C. The van der Waals surface area contributed by atoms with Crippen molar-refractivity contribution >= 4 is 11.6 Å². The first-order valence-electron chi connectivity index (χ1n) is 13.6. The van der Waals surface area contributed by atoms with Crippen LogP contribution in [0.4, 0.5) is 5.82 Å². The number of hydrogen-bond acceptors (Lipinski definition) is 8. The molecule has 0 bridgehead atoms. The van der Waals surface area contributed by atoms with E-state index >= 15 is 0 Å². The van der Waals surface area contributed by atoms with Crippen LogP contribution in [0.2, 0.25) is 0 Å². The lowest BCUT2D eigenvalue weighted by atomic mass is 9.64. The summed E-state index contributed by atoms with van der Waals surface area (Å²) in [5.74, 6) is 2.96. The van der Waals surface area contributed by atoms with E-state index < -0.39 is 5.41 Å². The van der Waals surface area contributed by atoms with Crippen molar-refractivity contribution in [3.8, 4) is 17.5 Å². The molecule has 1 spiro atoms. The van der Waals surface area contributed by atoms with Crippen LogP contribution in [0.15, 0.2) is 10.6 Å². The number of likely N-dealkylation sites (tertiary alicyclic amines) is 1. The van der Waals surface area contributed by atoms with E-state index in [4.69, 9.17) is 19.2 Å². The van der Waals surface area contributed by atoms with E-state index in [9.17, 15) is 4.79 Å². The molecule has 2 aliphatic carbocycles. The molecule has 2 saturated heterocycles. The number of ether oxygens (including phenoxy) is 1. The highest BCUT2D eigenvalue weighted by molar-refractivity contribution is 5.91. The number of fused-ring (bicyclic) bond motifs is 2. The van der Waals surface area contributed by atoms with Crippen LogP contribution in [-0.2, 0) is 16.6 Å². The molecule has 4 aliphatic rings. The van der Waals surface area contributed by atoms with Crippen LogP contribution in [-0.4, -0.2) is 64.6 Å². The van der Waals surface area contributed by atoms with Crippen molar-refractivity contribution in [1.82, 2.24) is 20.0 Å². The Morgan fingerprint density at radius 3 is 2.66 bits per heavy atom. The molecule has 0 unspecified atom stereocenters. The van der Waals surface area contributed by atoms with Crippen molar-refractivity contribution < 1.29 is 14.1 Å². The highest BCUT2D eigenvalue weighted by atomic mass is 16.5. The fourth-order valence-electron chi connectivity index (χ4n) is 6.87. The second kappa shape index (κ2) is 9.19. The minimum absolute atomic E-state index is 0.0310. The Morgan fingerprint density at radius 2 is 1.89 bits per heavy atom. The average Bonchev–Trinajstić information content (AvgIpc) is 3.62. The minimum atomic E-state index is -0.471. The third-order valence-electron chi connectivity index (χ3n) is 8.81. The number of hydrogen-bond donors (Lipinski definition) is 0. The van der Waals surface area contributed by atoms with Crippen LogP contribution in [0.25, 0.3) is 11.6 Å². The molecule has 2 aliphatic heterocycles. The van der Waals surface area contributed by atoms with Gasteiger partial charge in [-0.05, 0) is 78.3 Å². The lowest BCUT2D eigenvalue weighted by Gasteiger charge is -2.37. The smallest absolute Gasteiger partial charge is 0.219 e. The van der Waals surface area contributed by atoms with E-state index in [0.29, 0.717) is 35.7 Å². The van der Waals surface area contributed by atoms with Crippen molar-refractivity contribution in [2.75, 3.05) is 31.6 Å². The van der Waals surface area contributed by atoms with Crippen LogP contribution in [0, 0.1) is 0 Å². The van der Waals surface area contributed by atoms with Crippen molar-refractivity contribution in [3.05, 3.63) is 17.3 Å². The number of likely N-dealkylation sites (N-methyl/N-ethyl adjacent to an activating group) is 1. The van der Waals surface area contributed by atoms with Gasteiger partial charge in [-0.3, -0.25) is 9.69 Å². The van der Waals surface area contributed by atoms with Gasteiger partial charge < -0.3 is 14.2 Å². The van der Waals surface area contributed by atoms with Crippen LogP contribution in [0.1, 0.15) is 82.4 Å². The summed E-state index contributed by atoms with van der Waals surface area (Å²) in [7, 11) is 2.17. The van der Waals surface area contributed by atoms with Crippen molar-refractivity contribution in [2.45, 2.75) is 95.1 Å². The standard InChI is InChI=1S/C27H37N5O3/c1-18(20-10-8-14-31(20)2)34-23-17-22(32-15-5-6-16-32)28-26(29-23)24-19-9-7-13-27(25(19)30-35-24)12-4-3-11-21(27)33/h17-18,20H,3-16H2,1-2H3/t18-,20-,27+/m0/s1. The van der Waals surface area contributed by atoms with E-state index in [0.717, 1.165) is 81.7 Å². The number of carbonyl (C=O) groups excluding carboxylic acids is 1. The third kappa shape index (κ3) is 4.03. The van der Waals surface area contributed by atoms with E-state index in [1.54, 1.807) is 0 Å². The van der Waals surface area contributed by atoms with E-state index in [1.807, 2.05) is 6.07 Å². The molecule has 3 fully saturated rings. The summed E-state index contributed by atoms with van der Waals surface area (Å²) < 4.78 is 12.4. The molecule has 8 nitrogen and oxygen atoms in total. The molecule has 188 valence electrons. The summed E-state index contributed by atoms with van der Waals surface area (Å²) in [6, 6.07) is 2.37. The van der Waals surface area contributed by atoms with E-state index in [-0.39, 0.29) is 6.10 Å². The van der Waals surface area contributed by atoms with Crippen LogP contribution in [0.5, 0.6) is 5.88 Å². The maximum atomic E-state index is 13.1. The zero-order valence-corrected chi connectivity index (χ0v) is 21.1. The monoisotopic (exact) mass is 479 g/mol. The van der Waals surface area contributed by atoms with Gasteiger partial charge in [0, 0.05) is 37.2 Å². The maximum Gasteiger partial charge on any atom is 0.219 e. The molecule has 0 radical (unpaired) electrons. The highest BCUT2D eigenvalue weighted by Gasteiger charge is 2.48. The van der Waals surface area contributed by atoms with Gasteiger partial charge in [0.25, 0.3) is 0 Å². The first-order valence-corrected chi connectivity index (χ1v) is 13.6. The molecule has 0 amide bonds. The molecule has 8 heteroatoms. The summed E-state index contributed by atoms with van der Waals surface area (Å²) in [5.41, 5.74) is 1.41. The number of nitrogens with zero attached hydrogens (tertiary/aromatic N) is 5. The lowest BCUT2D eigenvalue weighted by Crippen LogP contribution is -2.41. The number of ketones is 1. The summed E-state index contributed by atoms with van der Waals surface area (Å²) in [6.45, 7) is 5.22. The largest absolute Gasteiger partial charge is 0.473 e. The molecular weight excluding hydrogens is 442 g/mol. The van der Waals surface area contributed by atoms with Gasteiger partial charge in [0.1, 0.15) is 23.4 Å². The number of anilines is 1. The second-order valence-electron chi connectivity index (χ2n) is 11.0. The first kappa shape index (κ1) is 23.0. The van der Waals surface area contributed by atoms with Gasteiger partial charge in [-0.15, -0.1) is 0 Å². The Balaban J connectivity index is 1.37. The molecular formula is C27H37N5O3. The summed E-state index contributed by atoms with van der Waals surface area (Å²) in [4.78, 5) is 27.6. The molecule has 6 rings (SSSR count). The van der Waals surface area contributed by atoms with E-state index in [2.05, 4.69) is 28.9 Å². The van der Waals surface area contributed by atoms with Crippen molar-refractivity contribution in [1.29, 1.82) is 0 Å². The second-order valence-corrected chi connectivity index (χ2v) is 11.0.